The first kappa shape index (κ1) is 33.1. The third-order valence-corrected chi connectivity index (χ3v) is 7.48. The van der Waals surface area contributed by atoms with Crippen LogP contribution in [0.2, 0.25) is 0 Å². The summed E-state index contributed by atoms with van der Waals surface area (Å²) in [5.41, 5.74) is 2.81. The molecule has 0 spiro atoms. The molecular weight excluding hydrogens is 450 g/mol. The summed E-state index contributed by atoms with van der Waals surface area (Å²) in [4.78, 5) is 7.00. The van der Waals surface area contributed by atoms with Crippen LogP contribution in [0.1, 0.15) is 131 Å². The quantitative estimate of drug-likeness (QED) is 0.296. The lowest BCUT2D eigenvalue weighted by Crippen LogP contribution is -2.58. The summed E-state index contributed by atoms with van der Waals surface area (Å²) in [6.07, 6.45) is 11.2. The van der Waals surface area contributed by atoms with Crippen molar-refractivity contribution < 1.29 is 4.84 Å². The zero-order chi connectivity index (χ0) is 28.0. The number of hydrogen-bond acceptors (Lipinski definition) is 2. The lowest BCUT2D eigenvalue weighted by atomic mass is 9.73. The largest absolute Gasteiger partial charge is 0.290 e. The molecule has 1 heterocycles. The molecule has 2 atom stereocenters. The van der Waals surface area contributed by atoms with Crippen LogP contribution in [-0.4, -0.2) is 16.1 Å². The number of unbranched alkanes of at least 4 members (excludes halogenated alkanes) is 1. The Bertz CT molecular complexity index is 841. The number of nitrogens with zero attached hydrogens (tertiary/aromatic N) is 1. The minimum absolute atomic E-state index is 0.0274. The van der Waals surface area contributed by atoms with Gasteiger partial charge in [-0.3, -0.25) is 4.84 Å². The Morgan fingerprint density at radius 1 is 0.892 bits per heavy atom. The Hall–Kier alpha value is -1.90. The third kappa shape index (κ3) is 10.1. The van der Waals surface area contributed by atoms with Crippen molar-refractivity contribution in [3.8, 4) is 0 Å². The normalized spacial score (nSPS) is 18.7. The van der Waals surface area contributed by atoms with Crippen molar-refractivity contribution in [2.75, 3.05) is 0 Å². The monoisotopic (exact) mass is 507 g/mol. The molecule has 1 aliphatic rings. The SMILES string of the molecule is C=CCCC.CC.CCCC(C)(CC(ON1C(C)(C)CCCC1(C)C)c1ccccc1)c1ccccc1. The van der Waals surface area contributed by atoms with Crippen LogP contribution < -0.4 is 0 Å². The summed E-state index contributed by atoms with van der Waals surface area (Å²) < 4.78 is 0. The van der Waals surface area contributed by atoms with Crippen molar-refractivity contribution in [2.45, 2.75) is 136 Å². The zero-order valence-corrected chi connectivity index (χ0v) is 25.6. The zero-order valence-electron chi connectivity index (χ0n) is 25.6. The highest BCUT2D eigenvalue weighted by atomic mass is 16.7. The van der Waals surface area contributed by atoms with Gasteiger partial charge >= 0.3 is 0 Å². The van der Waals surface area contributed by atoms with E-state index in [9.17, 15) is 0 Å². The second-order valence-electron chi connectivity index (χ2n) is 11.7. The number of benzene rings is 2. The minimum Gasteiger partial charge on any atom is -0.290 e. The molecule has 1 saturated heterocycles. The second kappa shape index (κ2) is 16.1. The molecule has 1 fully saturated rings. The predicted molar refractivity (Wildman–Crippen MR) is 164 cm³/mol. The first-order valence-corrected chi connectivity index (χ1v) is 14.8. The molecule has 2 heteroatoms. The van der Waals surface area contributed by atoms with E-state index in [0.29, 0.717) is 0 Å². The smallest absolute Gasteiger partial charge is 0.105 e. The average Bonchev–Trinajstić information content (AvgIpc) is 2.88. The van der Waals surface area contributed by atoms with Gasteiger partial charge in [-0.1, -0.05) is 114 Å². The first-order chi connectivity index (χ1) is 17.6. The summed E-state index contributed by atoms with van der Waals surface area (Å²) in [6, 6.07) is 21.8. The molecule has 3 rings (SSSR count). The van der Waals surface area contributed by atoms with Gasteiger partial charge in [0.2, 0.25) is 0 Å². The van der Waals surface area contributed by atoms with Crippen LogP contribution in [0.25, 0.3) is 0 Å². The van der Waals surface area contributed by atoms with Crippen LogP contribution in [0.15, 0.2) is 73.3 Å². The summed E-state index contributed by atoms with van der Waals surface area (Å²) in [5, 5.41) is 2.33. The average molecular weight is 508 g/mol. The lowest BCUT2D eigenvalue weighted by Gasteiger charge is -2.53. The molecule has 0 bridgehead atoms. The highest BCUT2D eigenvalue weighted by Gasteiger charge is 2.44. The van der Waals surface area contributed by atoms with Gasteiger partial charge in [0.1, 0.15) is 6.10 Å². The van der Waals surface area contributed by atoms with Crippen LogP contribution in [0.3, 0.4) is 0 Å². The van der Waals surface area contributed by atoms with Gasteiger partial charge in [0.25, 0.3) is 0 Å². The molecule has 0 saturated carbocycles. The van der Waals surface area contributed by atoms with Crippen molar-refractivity contribution in [2.24, 2.45) is 0 Å². The van der Waals surface area contributed by atoms with Crippen LogP contribution in [0, 0.1) is 0 Å². The topological polar surface area (TPSA) is 12.5 Å². The van der Waals surface area contributed by atoms with Crippen molar-refractivity contribution in [3.05, 3.63) is 84.4 Å². The minimum atomic E-state index is 0.0274. The Morgan fingerprint density at radius 2 is 1.41 bits per heavy atom. The van der Waals surface area contributed by atoms with Gasteiger partial charge in [-0.15, -0.1) is 6.58 Å². The highest BCUT2D eigenvalue weighted by Crippen LogP contribution is 2.44. The third-order valence-electron chi connectivity index (χ3n) is 7.48. The van der Waals surface area contributed by atoms with E-state index in [2.05, 4.69) is 121 Å². The first-order valence-electron chi connectivity index (χ1n) is 14.8. The molecule has 0 amide bonds. The van der Waals surface area contributed by atoms with Crippen LogP contribution in [0.5, 0.6) is 0 Å². The molecule has 2 aromatic rings. The fourth-order valence-electron chi connectivity index (χ4n) is 5.64. The number of rotatable bonds is 10. The second-order valence-corrected chi connectivity index (χ2v) is 11.7. The molecule has 2 unspecified atom stereocenters. The molecule has 2 nitrogen and oxygen atoms in total. The maximum atomic E-state index is 7.00. The molecule has 37 heavy (non-hydrogen) atoms. The van der Waals surface area contributed by atoms with Gasteiger partial charge in [0, 0.05) is 11.1 Å². The predicted octanol–water partition coefficient (Wildman–Crippen LogP) is 10.8. The van der Waals surface area contributed by atoms with Gasteiger partial charge in [0.15, 0.2) is 0 Å². The molecule has 1 aliphatic heterocycles. The highest BCUT2D eigenvalue weighted by molar-refractivity contribution is 5.26. The standard InChI is InChI=1S/C28H41NO.C5H10.C2H6/c1-7-19-28(6,24-17-12-9-13-18-24)22-25(23-15-10-8-11-16-23)30-29-26(2,3)20-14-21-27(29,4)5;1-3-5-4-2;1-2/h8-13,15-18,25H,7,14,19-22H2,1-6H3;3H,1,4-5H2,2H3;1-2H3. The van der Waals surface area contributed by atoms with E-state index >= 15 is 0 Å². The van der Waals surface area contributed by atoms with Gasteiger partial charge < -0.3 is 0 Å². The number of hydrogen-bond donors (Lipinski definition) is 0. The molecule has 0 aliphatic carbocycles. The van der Waals surface area contributed by atoms with Gasteiger partial charge in [-0.2, -0.15) is 5.06 Å². The van der Waals surface area contributed by atoms with E-state index in [-0.39, 0.29) is 22.6 Å². The maximum Gasteiger partial charge on any atom is 0.105 e. The molecule has 208 valence electrons. The summed E-state index contributed by atoms with van der Waals surface area (Å²) in [5.74, 6) is 0. The Kier molecular flexibility index (Phi) is 14.5. The van der Waals surface area contributed by atoms with Crippen LogP contribution in [-0.2, 0) is 10.3 Å². The Labute approximate surface area is 230 Å². The van der Waals surface area contributed by atoms with Crippen molar-refractivity contribution in [3.63, 3.8) is 0 Å². The van der Waals surface area contributed by atoms with E-state index in [1.54, 1.807) is 0 Å². The molecule has 2 aromatic carbocycles. The van der Waals surface area contributed by atoms with Crippen LogP contribution >= 0.6 is 0 Å². The summed E-state index contributed by atoms with van der Waals surface area (Å²) in [7, 11) is 0. The van der Waals surface area contributed by atoms with Crippen LogP contribution in [0.4, 0.5) is 0 Å². The van der Waals surface area contributed by atoms with E-state index in [0.717, 1.165) is 25.7 Å². The molecule has 0 aromatic heterocycles. The lowest BCUT2D eigenvalue weighted by molar-refractivity contribution is -0.310. The molecular formula is C35H57NO. The Morgan fingerprint density at radius 3 is 1.84 bits per heavy atom. The number of hydroxylamine groups is 2. The fraction of sp³-hybridized carbons (Fsp3) is 0.600. The van der Waals surface area contributed by atoms with Gasteiger partial charge in [0.05, 0.1) is 0 Å². The maximum absolute atomic E-state index is 7.00. The van der Waals surface area contributed by atoms with E-state index in [4.69, 9.17) is 4.84 Å². The molecule has 0 radical (unpaired) electrons. The Balaban J connectivity index is 0.000000874. The van der Waals surface area contributed by atoms with E-state index < -0.39 is 0 Å². The van der Waals surface area contributed by atoms with Crippen molar-refractivity contribution >= 4 is 0 Å². The van der Waals surface area contributed by atoms with Gasteiger partial charge in [-0.25, -0.2) is 0 Å². The fourth-order valence-corrected chi connectivity index (χ4v) is 5.64. The van der Waals surface area contributed by atoms with E-state index in [1.807, 2.05) is 19.9 Å². The summed E-state index contributed by atoms with van der Waals surface area (Å²) in [6.45, 7) is 23.7. The van der Waals surface area contributed by atoms with Gasteiger partial charge in [-0.05, 0) is 82.8 Å². The van der Waals surface area contributed by atoms with E-state index in [1.165, 1.54) is 36.8 Å². The van der Waals surface area contributed by atoms with Crippen molar-refractivity contribution in [1.82, 2.24) is 5.06 Å². The number of piperidine rings is 1. The number of allylic oxidation sites excluding steroid dienone is 1. The summed E-state index contributed by atoms with van der Waals surface area (Å²) >= 11 is 0. The van der Waals surface area contributed by atoms with Crippen molar-refractivity contribution in [1.29, 1.82) is 0 Å². The molecule has 0 N–H and O–H groups in total.